The third-order valence-electron chi connectivity index (χ3n) is 3.14. The van der Waals surface area contributed by atoms with Crippen molar-refractivity contribution in [3.05, 3.63) is 35.4 Å². The first kappa shape index (κ1) is 14.7. The van der Waals surface area contributed by atoms with Gasteiger partial charge in [-0.25, -0.2) is 0 Å². The maximum atomic E-state index is 11.9. The fraction of sp³-hybridized carbons (Fsp3) is 0.533. The third kappa shape index (κ3) is 4.49. The highest BCUT2D eigenvalue weighted by molar-refractivity contribution is 5.81. The fourth-order valence-electron chi connectivity index (χ4n) is 1.81. The molecule has 0 spiro atoms. The number of hydrogen-bond acceptors (Lipinski definition) is 2. The molecule has 0 heterocycles. The number of hydrogen-bond donors (Lipinski definition) is 2. The van der Waals surface area contributed by atoms with E-state index in [0.717, 1.165) is 24.8 Å². The average molecular weight is 248 g/mol. The van der Waals surface area contributed by atoms with Crippen molar-refractivity contribution in [2.75, 3.05) is 0 Å². The van der Waals surface area contributed by atoms with Gasteiger partial charge in [0.1, 0.15) is 0 Å². The Balaban J connectivity index is 2.51. The van der Waals surface area contributed by atoms with Gasteiger partial charge in [-0.1, -0.05) is 49.6 Å². The first-order valence-electron chi connectivity index (χ1n) is 6.67. The van der Waals surface area contributed by atoms with Crippen LogP contribution in [0.2, 0.25) is 0 Å². The molecule has 0 aliphatic rings. The van der Waals surface area contributed by atoms with Crippen LogP contribution < -0.4 is 11.1 Å². The summed E-state index contributed by atoms with van der Waals surface area (Å²) in [5, 5.41) is 2.96. The Hall–Kier alpha value is -1.35. The molecule has 0 saturated heterocycles. The normalized spacial score (nSPS) is 14.0. The monoisotopic (exact) mass is 248 g/mol. The van der Waals surface area contributed by atoms with Crippen molar-refractivity contribution in [2.45, 2.75) is 52.1 Å². The number of unbranched alkanes of at least 4 members (excludes halogenated alkanes) is 1. The Morgan fingerprint density at radius 1 is 1.33 bits per heavy atom. The summed E-state index contributed by atoms with van der Waals surface area (Å²) in [4.78, 5) is 11.9. The van der Waals surface area contributed by atoms with E-state index in [1.165, 1.54) is 5.56 Å². The molecule has 18 heavy (non-hydrogen) atoms. The largest absolute Gasteiger partial charge is 0.348 e. The van der Waals surface area contributed by atoms with E-state index in [1.807, 2.05) is 26.0 Å². The zero-order chi connectivity index (χ0) is 13.5. The summed E-state index contributed by atoms with van der Waals surface area (Å²) < 4.78 is 0. The van der Waals surface area contributed by atoms with Crippen molar-refractivity contribution >= 4 is 5.91 Å². The van der Waals surface area contributed by atoms with E-state index in [4.69, 9.17) is 5.73 Å². The zero-order valence-corrected chi connectivity index (χ0v) is 11.6. The summed E-state index contributed by atoms with van der Waals surface area (Å²) >= 11 is 0. The summed E-state index contributed by atoms with van der Waals surface area (Å²) in [6.07, 6.45) is 2.81. The molecule has 1 aromatic rings. The van der Waals surface area contributed by atoms with Crippen LogP contribution in [0.1, 0.15) is 50.3 Å². The van der Waals surface area contributed by atoms with E-state index in [-0.39, 0.29) is 11.9 Å². The summed E-state index contributed by atoms with van der Waals surface area (Å²) in [6, 6.07) is 7.79. The molecule has 3 heteroatoms. The summed E-state index contributed by atoms with van der Waals surface area (Å²) in [7, 11) is 0. The molecule has 3 nitrogen and oxygen atoms in total. The van der Waals surface area contributed by atoms with Gasteiger partial charge in [-0.3, -0.25) is 4.79 Å². The highest BCUT2D eigenvalue weighted by Crippen LogP contribution is 2.13. The maximum absolute atomic E-state index is 11.9. The van der Waals surface area contributed by atoms with Gasteiger partial charge in [-0.05, 0) is 25.8 Å². The van der Waals surface area contributed by atoms with Crippen molar-refractivity contribution in [3.63, 3.8) is 0 Å². The maximum Gasteiger partial charge on any atom is 0.237 e. The predicted octanol–water partition coefficient (Wildman–Crippen LogP) is 2.69. The van der Waals surface area contributed by atoms with Gasteiger partial charge in [0.15, 0.2) is 0 Å². The van der Waals surface area contributed by atoms with E-state index in [1.54, 1.807) is 0 Å². The quantitative estimate of drug-likeness (QED) is 0.813. The smallest absolute Gasteiger partial charge is 0.237 e. The SMILES string of the molecule is CCCCC(N)C(=O)NC(C)c1ccc(C)cc1. The topological polar surface area (TPSA) is 55.1 Å². The minimum Gasteiger partial charge on any atom is -0.348 e. The van der Waals surface area contributed by atoms with Gasteiger partial charge >= 0.3 is 0 Å². The highest BCUT2D eigenvalue weighted by Gasteiger charge is 2.15. The summed E-state index contributed by atoms with van der Waals surface area (Å²) in [5.41, 5.74) is 8.17. The van der Waals surface area contributed by atoms with Crippen LogP contribution in [0.5, 0.6) is 0 Å². The van der Waals surface area contributed by atoms with Crippen molar-refractivity contribution in [3.8, 4) is 0 Å². The lowest BCUT2D eigenvalue weighted by molar-refractivity contribution is -0.123. The second-order valence-corrected chi connectivity index (χ2v) is 4.89. The predicted molar refractivity (Wildman–Crippen MR) is 75.2 cm³/mol. The number of amides is 1. The van der Waals surface area contributed by atoms with Crippen LogP contribution in [-0.2, 0) is 4.79 Å². The molecule has 0 aromatic heterocycles. The molecular weight excluding hydrogens is 224 g/mol. The average Bonchev–Trinajstić information content (AvgIpc) is 2.36. The number of benzene rings is 1. The minimum absolute atomic E-state index is 0.00535. The van der Waals surface area contributed by atoms with E-state index in [0.29, 0.717) is 0 Å². The Bertz CT molecular complexity index is 373. The van der Waals surface area contributed by atoms with E-state index >= 15 is 0 Å². The number of rotatable bonds is 6. The van der Waals surface area contributed by atoms with E-state index < -0.39 is 6.04 Å². The minimum atomic E-state index is -0.391. The number of carbonyl (C=O) groups excluding carboxylic acids is 1. The number of nitrogens with one attached hydrogen (secondary N) is 1. The first-order valence-corrected chi connectivity index (χ1v) is 6.67. The number of nitrogens with two attached hydrogens (primary N) is 1. The summed E-state index contributed by atoms with van der Waals surface area (Å²) in [5.74, 6) is -0.0588. The molecule has 0 radical (unpaired) electrons. The molecule has 0 aliphatic heterocycles. The third-order valence-corrected chi connectivity index (χ3v) is 3.14. The van der Waals surface area contributed by atoms with Crippen LogP contribution >= 0.6 is 0 Å². The molecular formula is C15H24N2O. The lowest BCUT2D eigenvalue weighted by atomic mass is 10.1. The van der Waals surface area contributed by atoms with Crippen molar-refractivity contribution < 1.29 is 4.79 Å². The van der Waals surface area contributed by atoms with Gasteiger partial charge in [0.2, 0.25) is 5.91 Å². The molecule has 0 bridgehead atoms. The van der Waals surface area contributed by atoms with Gasteiger partial charge in [0, 0.05) is 0 Å². The van der Waals surface area contributed by atoms with Crippen molar-refractivity contribution in [1.29, 1.82) is 0 Å². The molecule has 2 unspecified atom stereocenters. The molecule has 0 aliphatic carbocycles. The molecule has 2 atom stereocenters. The van der Waals surface area contributed by atoms with Crippen LogP contribution in [-0.4, -0.2) is 11.9 Å². The fourth-order valence-corrected chi connectivity index (χ4v) is 1.81. The van der Waals surface area contributed by atoms with Gasteiger partial charge in [0.25, 0.3) is 0 Å². The van der Waals surface area contributed by atoms with Crippen molar-refractivity contribution in [1.82, 2.24) is 5.32 Å². The molecule has 1 amide bonds. The summed E-state index contributed by atoms with van der Waals surface area (Å²) in [6.45, 7) is 6.13. The van der Waals surface area contributed by atoms with Gasteiger partial charge in [-0.15, -0.1) is 0 Å². The first-order chi connectivity index (χ1) is 8.54. The second-order valence-electron chi connectivity index (χ2n) is 4.89. The van der Waals surface area contributed by atoms with Crippen LogP contribution in [0.3, 0.4) is 0 Å². The van der Waals surface area contributed by atoms with E-state index in [2.05, 4.69) is 24.4 Å². The van der Waals surface area contributed by atoms with E-state index in [9.17, 15) is 4.79 Å². The Morgan fingerprint density at radius 3 is 2.50 bits per heavy atom. The standard InChI is InChI=1S/C15H24N2O/c1-4-5-6-14(16)15(18)17-12(3)13-9-7-11(2)8-10-13/h7-10,12,14H,4-6,16H2,1-3H3,(H,17,18). The van der Waals surface area contributed by atoms with Gasteiger partial charge < -0.3 is 11.1 Å². The van der Waals surface area contributed by atoms with Crippen LogP contribution in [0, 0.1) is 6.92 Å². The molecule has 3 N–H and O–H groups in total. The highest BCUT2D eigenvalue weighted by atomic mass is 16.2. The second kappa shape index (κ2) is 7.17. The Kier molecular flexibility index (Phi) is 5.86. The van der Waals surface area contributed by atoms with Crippen LogP contribution in [0.15, 0.2) is 24.3 Å². The van der Waals surface area contributed by atoms with Crippen LogP contribution in [0.4, 0.5) is 0 Å². The van der Waals surface area contributed by atoms with Gasteiger partial charge in [0.05, 0.1) is 12.1 Å². The molecule has 0 fully saturated rings. The molecule has 100 valence electrons. The Labute approximate surface area is 110 Å². The Morgan fingerprint density at radius 2 is 1.94 bits per heavy atom. The number of aryl methyl sites for hydroxylation is 1. The lowest BCUT2D eigenvalue weighted by Crippen LogP contribution is -2.41. The molecule has 1 aromatic carbocycles. The van der Waals surface area contributed by atoms with Gasteiger partial charge in [-0.2, -0.15) is 0 Å². The number of carbonyl (C=O) groups is 1. The lowest BCUT2D eigenvalue weighted by Gasteiger charge is -2.18. The molecule has 1 rings (SSSR count). The van der Waals surface area contributed by atoms with Crippen molar-refractivity contribution in [2.24, 2.45) is 5.73 Å². The van der Waals surface area contributed by atoms with Crippen LogP contribution in [0.25, 0.3) is 0 Å². The molecule has 0 saturated carbocycles. The zero-order valence-electron chi connectivity index (χ0n) is 11.6.